The number of nitrogens with one attached hydrogen (secondary N) is 1. The molecule has 2 N–H and O–H groups in total. The Morgan fingerprint density at radius 2 is 2.04 bits per heavy atom. The SMILES string of the molecule is CCCCOc1ccc(Br)cc1/C=C(\C#N)C(=O)Nc1ccc(O)cc1. The second-order valence-electron chi connectivity index (χ2n) is 5.55. The van der Waals surface area contributed by atoms with Gasteiger partial charge in [0.05, 0.1) is 6.61 Å². The molecule has 0 aliphatic rings. The molecule has 26 heavy (non-hydrogen) atoms. The number of aromatic hydroxyl groups is 1. The number of unbranched alkanes of at least 4 members (excludes halogenated alkanes) is 1. The van der Waals surface area contributed by atoms with Crippen molar-refractivity contribution < 1.29 is 14.6 Å². The van der Waals surface area contributed by atoms with Gasteiger partial charge < -0.3 is 15.2 Å². The third-order valence-corrected chi connectivity index (χ3v) is 4.01. The molecule has 0 aromatic heterocycles. The number of rotatable bonds is 7. The predicted molar refractivity (Wildman–Crippen MR) is 105 cm³/mol. The Morgan fingerprint density at radius 1 is 1.31 bits per heavy atom. The Labute approximate surface area is 161 Å². The summed E-state index contributed by atoms with van der Waals surface area (Å²) < 4.78 is 6.58. The fourth-order valence-corrected chi connectivity index (χ4v) is 2.52. The molecule has 2 aromatic carbocycles. The van der Waals surface area contributed by atoms with E-state index in [1.54, 1.807) is 24.3 Å². The first kappa shape index (κ1) is 19.5. The van der Waals surface area contributed by atoms with Gasteiger partial charge in [-0.25, -0.2) is 0 Å². The summed E-state index contributed by atoms with van der Waals surface area (Å²) in [5.74, 6) is 0.187. The molecule has 0 spiro atoms. The number of carbonyl (C=O) groups excluding carboxylic acids is 1. The van der Waals surface area contributed by atoms with Crippen LogP contribution in [0.3, 0.4) is 0 Å². The van der Waals surface area contributed by atoms with Gasteiger partial charge in [-0.15, -0.1) is 0 Å². The van der Waals surface area contributed by atoms with E-state index in [2.05, 4.69) is 28.2 Å². The first-order chi connectivity index (χ1) is 12.5. The van der Waals surface area contributed by atoms with Crippen LogP contribution in [0.15, 0.2) is 52.5 Å². The Kier molecular flexibility index (Phi) is 7.24. The van der Waals surface area contributed by atoms with Gasteiger partial charge in [-0.3, -0.25) is 4.79 Å². The normalized spacial score (nSPS) is 10.9. The summed E-state index contributed by atoms with van der Waals surface area (Å²) >= 11 is 3.40. The van der Waals surface area contributed by atoms with Crippen LogP contribution in [0.5, 0.6) is 11.5 Å². The fraction of sp³-hybridized carbons (Fsp3) is 0.200. The van der Waals surface area contributed by atoms with Crippen LogP contribution in [0.2, 0.25) is 0 Å². The second-order valence-corrected chi connectivity index (χ2v) is 6.47. The number of carbonyl (C=O) groups is 1. The Bertz CT molecular complexity index is 839. The number of anilines is 1. The van der Waals surface area contributed by atoms with Crippen molar-refractivity contribution in [2.45, 2.75) is 19.8 Å². The van der Waals surface area contributed by atoms with Gasteiger partial charge in [0.25, 0.3) is 5.91 Å². The number of phenols is 1. The van der Waals surface area contributed by atoms with Crippen molar-refractivity contribution in [3.8, 4) is 17.6 Å². The predicted octanol–water partition coefficient (Wildman–Crippen LogP) is 4.88. The van der Waals surface area contributed by atoms with Crippen molar-refractivity contribution in [1.29, 1.82) is 5.26 Å². The number of ether oxygens (including phenoxy) is 1. The lowest BCUT2D eigenvalue weighted by atomic mass is 10.1. The molecule has 2 rings (SSSR count). The molecule has 0 unspecified atom stereocenters. The summed E-state index contributed by atoms with van der Waals surface area (Å²) in [4.78, 5) is 12.4. The Morgan fingerprint density at radius 3 is 2.69 bits per heavy atom. The minimum atomic E-state index is -0.530. The molecule has 1 amide bonds. The molecule has 134 valence electrons. The molecule has 6 heteroatoms. The van der Waals surface area contributed by atoms with Crippen molar-refractivity contribution in [2.75, 3.05) is 11.9 Å². The zero-order valence-electron chi connectivity index (χ0n) is 14.3. The van der Waals surface area contributed by atoms with E-state index in [0.29, 0.717) is 23.6 Å². The molecule has 0 heterocycles. The zero-order chi connectivity index (χ0) is 18.9. The number of nitriles is 1. The van der Waals surface area contributed by atoms with Crippen LogP contribution in [0.25, 0.3) is 6.08 Å². The van der Waals surface area contributed by atoms with Gasteiger partial charge in [0.2, 0.25) is 0 Å². The van der Waals surface area contributed by atoms with Crippen LogP contribution in [0.1, 0.15) is 25.3 Å². The van der Waals surface area contributed by atoms with Crippen LogP contribution in [-0.2, 0) is 4.79 Å². The molecule has 5 nitrogen and oxygen atoms in total. The van der Waals surface area contributed by atoms with Crippen LogP contribution in [0, 0.1) is 11.3 Å². The van der Waals surface area contributed by atoms with E-state index in [1.807, 2.05) is 12.1 Å². The highest BCUT2D eigenvalue weighted by atomic mass is 79.9. The van der Waals surface area contributed by atoms with Crippen molar-refractivity contribution >= 4 is 33.6 Å². The first-order valence-electron chi connectivity index (χ1n) is 8.18. The lowest BCUT2D eigenvalue weighted by Crippen LogP contribution is -2.13. The molecular weight excluding hydrogens is 396 g/mol. The summed E-state index contributed by atoms with van der Waals surface area (Å²) in [6.07, 6.45) is 3.44. The van der Waals surface area contributed by atoms with Gasteiger partial charge in [-0.05, 0) is 55.0 Å². The van der Waals surface area contributed by atoms with Crippen molar-refractivity contribution in [2.24, 2.45) is 0 Å². The highest BCUT2D eigenvalue weighted by Gasteiger charge is 2.12. The van der Waals surface area contributed by atoms with Crippen LogP contribution in [0.4, 0.5) is 5.69 Å². The van der Waals surface area contributed by atoms with Crippen molar-refractivity contribution in [1.82, 2.24) is 0 Å². The Balaban J connectivity index is 2.24. The topological polar surface area (TPSA) is 82.3 Å². The summed E-state index contributed by atoms with van der Waals surface area (Å²) in [7, 11) is 0. The minimum Gasteiger partial charge on any atom is -0.508 e. The summed E-state index contributed by atoms with van der Waals surface area (Å²) in [6.45, 7) is 2.65. The number of hydrogen-bond acceptors (Lipinski definition) is 4. The standard InChI is InChI=1S/C20H19BrN2O3/c1-2-3-10-26-19-9-4-16(21)12-14(19)11-15(13-22)20(25)23-17-5-7-18(24)8-6-17/h4-9,11-12,24H,2-3,10H2,1H3,(H,23,25)/b15-11+. The highest BCUT2D eigenvalue weighted by molar-refractivity contribution is 9.10. The van der Waals surface area contributed by atoms with E-state index in [1.165, 1.54) is 18.2 Å². The molecule has 0 aliphatic carbocycles. The van der Waals surface area contributed by atoms with Crippen LogP contribution >= 0.6 is 15.9 Å². The van der Waals surface area contributed by atoms with Gasteiger partial charge in [0.1, 0.15) is 23.1 Å². The molecule has 0 saturated carbocycles. The maximum absolute atomic E-state index is 12.4. The largest absolute Gasteiger partial charge is 0.508 e. The molecule has 2 aromatic rings. The van der Waals surface area contributed by atoms with Crippen molar-refractivity contribution in [3.05, 3.63) is 58.1 Å². The van der Waals surface area contributed by atoms with E-state index >= 15 is 0 Å². The van der Waals surface area contributed by atoms with Gasteiger partial charge in [0, 0.05) is 15.7 Å². The highest BCUT2D eigenvalue weighted by Crippen LogP contribution is 2.26. The van der Waals surface area contributed by atoms with Crippen molar-refractivity contribution in [3.63, 3.8) is 0 Å². The first-order valence-corrected chi connectivity index (χ1v) is 8.97. The number of benzene rings is 2. The zero-order valence-corrected chi connectivity index (χ0v) is 15.9. The Hall–Kier alpha value is -2.78. The number of hydrogen-bond donors (Lipinski definition) is 2. The molecule has 0 fully saturated rings. The van der Waals surface area contributed by atoms with E-state index in [-0.39, 0.29) is 11.3 Å². The summed E-state index contributed by atoms with van der Waals surface area (Å²) in [6, 6.07) is 13.4. The van der Waals surface area contributed by atoms with E-state index in [0.717, 1.165) is 17.3 Å². The lowest BCUT2D eigenvalue weighted by molar-refractivity contribution is -0.112. The van der Waals surface area contributed by atoms with E-state index < -0.39 is 5.91 Å². The number of amides is 1. The number of halogens is 1. The molecule has 0 atom stereocenters. The third kappa shape index (κ3) is 5.64. The smallest absolute Gasteiger partial charge is 0.266 e. The van der Waals surface area contributed by atoms with Gasteiger partial charge in [0.15, 0.2) is 0 Å². The molecule has 0 radical (unpaired) electrons. The molecule has 0 aliphatic heterocycles. The summed E-state index contributed by atoms with van der Waals surface area (Å²) in [5.41, 5.74) is 1.09. The fourth-order valence-electron chi connectivity index (χ4n) is 2.14. The van der Waals surface area contributed by atoms with Crippen LogP contribution < -0.4 is 10.1 Å². The van der Waals surface area contributed by atoms with Gasteiger partial charge in [-0.1, -0.05) is 29.3 Å². The number of nitrogens with zero attached hydrogens (tertiary/aromatic N) is 1. The molecule has 0 saturated heterocycles. The van der Waals surface area contributed by atoms with Gasteiger partial charge >= 0.3 is 0 Å². The lowest BCUT2D eigenvalue weighted by Gasteiger charge is -2.10. The monoisotopic (exact) mass is 414 g/mol. The minimum absolute atomic E-state index is 0.0449. The number of phenolic OH excluding ortho intramolecular Hbond substituents is 1. The van der Waals surface area contributed by atoms with Crippen LogP contribution in [-0.4, -0.2) is 17.6 Å². The average Bonchev–Trinajstić information content (AvgIpc) is 2.63. The quantitative estimate of drug-likeness (QED) is 0.292. The second kappa shape index (κ2) is 9.64. The summed E-state index contributed by atoms with van der Waals surface area (Å²) in [5, 5.41) is 21.3. The maximum atomic E-state index is 12.4. The molecular formula is C20H19BrN2O3. The maximum Gasteiger partial charge on any atom is 0.266 e. The third-order valence-electron chi connectivity index (χ3n) is 3.52. The van der Waals surface area contributed by atoms with Gasteiger partial charge in [-0.2, -0.15) is 5.26 Å². The average molecular weight is 415 g/mol. The van der Waals surface area contributed by atoms with E-state index in [4.69, 9.17) is 4.74 Å². The molecule has 0 bridgehead atoms. The van der Waals surface area contributed by atoms with E-state index in [9.17, 15) is 15.2 Å².